The molecule has 2 aliphatic rings. The second-order valence-corrected chi connectivity index (χ2v) is 8.66. The van der Waals surface area contributed by atoms with Crippen LogP contribution in [0.25, 0.3) is 0 Å². The first-order valence-electron chi connectivity index (χ1n) is 11.6. The van der Waals surface area contributed by atoms with Gasteiger partial charge in [0.15, 0.2) is 0 Å². The Bertz CT molecular complexity index is 983. The summed E-state index contributed by atoms with van der Waals surface area (Å²) in [6, 6.07) is 18.6. The number of piperazine rings is 1. The molecule has 0 saturated carbocycles. The number of carboxylic acids is 1. The van der Waals surface area contributed by atoms with Gasteiger partial charge in [0.25, 0.3) is 0 Å². The van der Waals surface area contributed by atoms with E-state index in [4.69, 9.17) is 9.94 Å². The van der Waals surface area contributed by atoms with Crippen molar-refractivity contribution in [2.24, 2.45) is 5.10 Å². The number of carbonyl (C=O) groups is 2. The summed E-state index contributed by atoms with van der Waals surface area (Å²) in [6.45, 7) is 2.49. The minimum absolute atomic E-state index is 0.0288. The Labute approximate surface area is 199 Å². The number of hydrazone groups is 1. The lowest BCUT2D eigenvalue weighted by atomic mass is 10.0. The lowest BCUT2D eigenvalue weighted by Crippen LogP contribution is -2.53. The van der Waals surface area contributed by atoms with Gasteiger partial charge in [-0.25, -0.2) is 0 Å². The molecule has 0 radical (unpaired) electrons. The summed E-state index contributed by atoms with van der Waals surface area (Å²) >= 11 is 0. The average Bonchev–Trinajstić information content (AvgIpc) is 3.30. The molecule has 3 N–H and O–H groups in total. The van der Waals surface area contributed by atoms with Crippen molar-refractivity contribution in [1.29, 1.82) is 0 Å². The average molecular weight is 466 g/mol. The van der Waals surface area contributed by atoms with Gasteiger partial charge in [-0.05, 0) is 29.5 Å². The summed E-state index contributed by atoms with van der Waals surface area (Å²) in [5.74, 6) is -1.13. The van der Waals surface area contributed by atoms with E-state index in [0.29, 0.717) is 19.6 Å². The first-order valence-corrected chi connectivity index (χ1v) is 11.6. The lowest BCUT2D eigenvalue weighted by Gasteiger charge is -2.34. The molecule has 1 amide bonds. The van der Waals surface area contributed by atoms with E-state index in [9.17, 15) is 9.59 Å². The Balaban J connectivity index is 1.18. The predicted octanol–water partition coefficient (Wildman–Crippen LogP) is 1.42. The highest BCUT2D eigenvalue weighted by molar-refractivity contribution is 5.83. The Morgan fingerprint density at radius 2 is 1.97 bits per heavy atom. The van der Waals surface area contributed by atoms with Gasteiger partial charge in [0.05, 0.1) is 24.9 Å². The number of carbonyl (C=O) groups excluding carboxylic acids is 1. The van der Waals surface area contributed by atoms with Crippen LogP contribution in [0, 0.1) is 0 Å². The number of nitrogens with zero attached hydrogens (tertiary/aromatic N) is 3. The largest absolute Gasteiger partial charge is 0.480 e. The predicted molar refractivity (Wildman–Crippen MR) is 128 cm³/mol. The summed E-state index contributed by atoms with van der Waals surface area (Å²) in [4.78, 5) is 32.2. The van der Waals surface area contributed by atoms with E-state index >= 15 is 0 Å². The van der Waals surface area contributed by atoms with Crippen molar-refractivity contribution < 1.29 is 19.5 Å². The first-order chi connectivity index (χ1) is 16.6. The molecule has 0 bridgehead atoms. The number of benzene rings is 2. The van der Waals surface area contributed by atoms with Crippen molar-refractivity contribution in [2.75, 3.05) is 39.3 Å². The molecule has 9 nitrogen and oxygen atoms in total. The van der Waals surface area contributed by atoms with Crippen LogP contribution in [-0.2, 0) is 20.8 Å². The second-order valence-electron chi connectivity index (χ2n) is 8.66. The highest BCUT2D eigenvalue weighted by Crippen LogP contribution is 2.26. The zero-order chi connectivity index (χ0) is 23.8. The topological polar surface area (TPSA) is 106 Å². The number of hydrogen-bond donors (Lipinski definition) is 3. The van der Waals surface area contributed by atoms with Crippen LogP contribution >= 0.6 is 0 Å². The zero-order valence-electron chi connectivity index (χ0n) is 19.1. The Kier molecular flexibility index (Phi) is 8.24. The molecule has 9 heteroatoms. The van der Waals surface area contributed by atoms with Gasteiger partial charge < -0.3 is 15.4 Å². The van der Waals surface area contributed by atoms with Crippen LogP contribution in [-0.4, -0.2) is 78.4 Å². The third kappa shape index (κ3) is 6.86. The molecular weight excluding hydrogens is 434 g/mol. The van der Waals surface area contributed by atoms with E-state index in [0.717, 1.165) is 30.5 Å². The number of carboxylic acid groups (broad SMARTS) is 1. The number of hydroxylamine groups is 1. The highest BCUT2D eigenvalue weighted by atomic mass is 16.7. The normalized spacial score (nSPS) is 21.3. The monoisotopic (exact) mass is 465 g/mol. The maximum absolute atomic E-state index is 12.2. The van der Waals surface area contributed by atoms with Crippen molar-refractivity contribution in [3.63, 3.8) is 0 Å². The summed E-state index contributed by atoms with van der Waals surface area (Å²) in [7, 11) is 0. The first kappa shape index (κ1) is 23.9. The highest BCUT2D eigenvalue weighted by Gasteiger charge is 2.31. The van der Waals surface area contributed by atoms with Gasteiger partial charge in [-0.3, -0.25) is 19.3 Å². The Morgan fingerprint density at radius 3 is 2.71 bits per heavy atom. The van der Waals surface area contributed by atoms with Crippen molar-refractivity contribution in [3.05, 3.63) is 71.3 Å². The van der Waals surface area contributed by atoms with Crippen molar-refractivity contribution in [3.8, 4) is 0 Å². The van der Waals surface area contributed by atoms with E-state index in [1.165, 1.54) is 10.5 Å². The fraction of sp³-hybridized carbons (Fsp3) is 0.400. The molecule has 2 aromatic carbocycles. The third-order valence-electron chi connectivity index (χ3n) is 6.07. The molecule has 180 valence electrons. The van der Waals surface area contributed by atoms with E-state index < -0.39 is 5.97 Å². The molecule has 2 fully saturated rings. The third-order valence-corrected chi connectivity index (χ3v) is 6.07. The van der Waals surface area contributed by atoms with Crippen molar-refractivity contribution in [2.45, 2.75) is 25.0 Å². The number of rotatable bonds is 10. The van der Waals surface area contributed by atoms with Gasteiger partial charge in [0.1, 0.15) is 6.54 Å². The van der Waals surface area contributed by atoms with Gasteiger partial charge in [-0.15, -0.1) is 0 Å². The standard InChI is InChI=1S/C25H31N5O4/c31-24-17-29(12-13-30(24)18-25(32)33)16-22-14-23(28-34-22)21-8-6-20(7-9-21)15-27-26-11-10-19-4-2-1-3-5-19/h1-9,15,22-23,26,28H,10-14,16-18H2,(H,32,33). The fourth-order valence-corrected chi connectivity index (χ4v) is 4.23. The van der Waals surface area contributed by atoms with Gasteiger partial charge in [-0.2, -0.15) is 10.6 Å². The fourth-order valence-electron chi connectivity index (χ4n) is 4.23. The van der Waals surface area contributed by atoms with Crippen LogP contribution in [0.2, 0.25) is 0 Å². The molecular formula is C25H31N5O4. The smallest absolute Gasteiger partial charge is 0.323 e. The molecule has 2 atom stereocenters. The summed E-state index contributed by atoms with van der Waals surface area (Å²) in [5.41, 5.74) is 9.64. The van der Waals surface area contributed by atoms with Gasteiger partial charge in [0, 0.05) is 26.2 Å². The molecule has 2 aromatic rings. The summed E-state index contributed by atoms with van der Waals surface area (Å²) in [5, 5.41) is 13.2. The maximum Gasteiger partial charge on any atom is 0.323 e. The number of nitrogens with one attached hydrogen (secondary N) is 2. The van der Waals surface area contributed by atoms with Crippen LogP contribution in [0.1, 0.15) is 29.2 Å². The summed E-state index contributed by atoms with van der Waals surface area (Å²) < 4.78 is 0. The van der Waals surface area contributed by atoms with Crippen molar-refractivity contribution in [1.82, 2.24) is 20.7 Å². The van der Waals surface area contributed by atoms with Gasteiger partial charge >= 0.3 is 5.97 Å². The second kappa shape index (κ2) is 11.7. The van der Waals surface area contributed by atoms with E-state index in [2.05, 4.69) is 40.3 Å². The Morgan fingerprint density at radius 1 is 1.18 bits per heavy atom. The molecule has 0 spiro atoms. The molecule has 2 saturated heterocycles. The zero-order valence-corrected chi connectivity index (χ0v) is 19.1. The molecule has 34 heavy (non-hydrogen) atoms. The van der Waals surface area contributed by atoms with Gasteiger partial charge in [0.2, 0.25) is 5.91 Å². The number of hydrogen-bond acceptors (Lipinski definition) is 7. The quantitative estimate of drug-likeness (QED) is 0.277. The van der Waals surface area contributed by atoms with Crippen LogP contribution in [0.3, 0.4) is 0 Å². The van der Waals surface area contributed by atoms with Crippen molar-refractivity contribution >= 4 is 18.1 Å². The molecule has 2 unspecified atom stereocenters. The minimum atomic E-state index is -0.982. The summed E-state index contributed by atoms with van der Waals surface area (Å²) in [6.07, 6.45) is 3.52. The molecule has 2 aliphatic heterocycles. The minimum Gasteiger partial charge on any atom is -0.480 e. The number of aliphatic carboxylic acids is 1. The van der Waals surface area contributed by atoms with Crippen LogP contribution in [0.5, 0.6) is 0 Å². The van der Waals surface area contributed by atoms with E-state index in [1.54, 1.807) is 0 Å². The van der Waals surface area contributed by atoms with Gasteiger partial charge in [-0.1, -0.05) is 54.6 Å². The molecule has 0 aromatic heterocycles. The van der Waals surface area contributed by atoms with E-state index in [-0.39, 0.29) is 31.1 Å². The number of amides is 1. The van der Waals surface area contributed by atoms with Crippen LogP contribution in [0.15, 0.2) is 59.7 Å². The maximum atomic E-state index is 12.2. The van der Waals surface area contributed by atoms with E-state index in [1.807, 2.05) is 41.4 Å². The lowest BCUT2D eigenvalue weighted by molar-refractivity contribution is -0.147. The SMILES string of the molecule is O=C(O)CN1CCN(CC2CC(c3ccc(C=NNCCc4ccccc4)cc3)NO2)CC1=O. The molecule has 4 rings (SSSR count). The van der Waals surface area contributed by atoms with Crippen LogP contribution in [0.4, 0.5) is 0 Å². The van der Waals surface area contributed by atoms with Crippen LogP contribution < -0.4 is 10.9 Å². The molecule has 0 aliphatic carbocycles. The Hall–Kier alpha value is -3.27. The molecule has 2 heterocycles.